The zero-order valence-electron chi connectivity index (χ0n) is 18.8. The highest BCUT2D eigenvalue weighted by atomic mass is 16.2. The summed E-state index contributed by atoms with van der Waals surface area (Å²) < 4.78 is 0. The Morgan fingerprint density at radius 2 is 1.94 bits per heavy atom. The zero-order chi connectivity index (χ0) is 22.9. The average Bonchev–Trinajstić information content (AvgIpc) is 3.15. The maximum Gasteiger partial charge on any atom is 0.255 e. The van der Waals surface area contributed by atoms with Gasteiger partial charge in [-0.05, 0) is 67.0 Å². The molecule has 5 rings (SSSR count). The van der Waals surface area contributed by atoms with Gasteiger partial charge in [0, 0.05) is 37.3 Å². The molecule has 7 nitrogen and oxygen atoms in total. The number of carbonyl (C=O) groups excluding carboxylic acids is 3. The number of hydrogen-bond donors (Lipinski definition) is 2. The van der Waals surface area contributed by atoms with Crippen molar-refractivity contribution in [1.82, 2.24) is 10.2 Å². The number of carbonyl (C=O) groups is 3. The van der Waals surface area contributed by atoms with Crippen LogP contribution in [0.3, 0.4) is 0 Å². The van der Waals surface area contributed by atoms with Crippen LogP contribution in [0, 0.1) is 0 Å². The van der Waals surface area contributed by atoms with Crippen molar-refractivity contribution < 1.29 is 14.4 Å². The molecule has 33 heavy (non-hydrogen) atoms. The Balaban J connectivity index is 1.38. The molecule has 7 heteroatoms. The summed E-state index contributed by atoms with van der Waals surface area (Å²) in [6.45, 7) is 2.72. The van der Waals surface area contributed by atoms with Crippen LogP contribution in [0.25, 0.3) is 0 Å². The van der Waals surface area contributed by atoms with Gasteiger partial charge in [-0.2, -0.15) is 0 Å². The number of aryl methyl sites for hydroxylation is 2. The summed E-state index contributed by atoms with van der Waals surface area (Å²) in [5, 5.41) is 2.38. The molecular weight excluding hydrogens is 416 g/mol. The van der Waals surface area contributed by atoms with E-state index in [0.29, 0.717) is 31.6 Å². The maximum absolute atomic E-state index is 13.4. The summed E-state index contributed by atoms with van der Waals surface area (Å²) in [6.07, 6.45) is 4.79. The molecule has 0 spiro atoms. The molecule has 3 aliphatic heterocycles. The molecule has 1 fully saturated rings. The fourth-order valence-corrected chi connectivity index (χ4v) is 5.38. The van der Waals surface area contributed by atoms with E-state index in [9.17, 15) is 14.4 Å². The Morgan fingerprint density at radius 1 is 1.06 bits per heavy atom. The highest BCUT2D eigenvalue weighted by Gasteiger charge is 2.40. The predicted molar refractivity (Wildman–Crippen MR) is 126 cm³/mol. The van der Waals surface area contributed by atoms with Crippen molar-refractivity contribution in [3.63, 3.8) is 0 Å². The number of nitrogens with zero attached hydrogens (tertiary/aromatic N) is 2. The monoisotopic (exact) mass is 446 g/mol. The number of amides is 3. The lowest BCUT2D eigenvalue weighted by Gasteiger charge is -2.32. The minimum absolute atomic E-state index is 0.107. The molecule has 0 radical (unpaired) electrons. The van der Waals surface area contributed by atoms with Gasteiger partial charge in [0.2, 0.25) is 11.8 Å². The van der Waals surface area contributed by atoms with Gasteiger partial charge < -0.3 is 15.5 Å². The summed E-state index contributed by atoms with van der Waals surface area (Å²) in [5.74, 6) is -0.745. The van der Waals surface area contributed by atoms with Crippen LogP contribution in [0.2, 0.25) is 0 Å². The predicted octanol–water partition coefficient (Wildman–Crippen LogP) is 2.29. The van der Waals surface area contributed by atoms with Gasteiger partial charge in [0.05, 0.1) is 0 Å². The molecule has 1 unspecified atom stereocenters. The second-order valence-corrected chi connectivity index (χ2v) is 9.23. The van der Waals surface area contributed by atoms with Crippen LogP contribution in [0.15, 0.2) is 36.4 Å². The number of anilines is 1. The number of rotatable bonds is 6. The quantitative estimate of drug-likeness (QED) is 0.664. The minimum Gasteiger partial charge on any atom is -0.367 e. The standard InChI is InChI=1S/C26H30N4O3/c27-12-2-4-17-8-9-21-18(14-17)7-3-13-29(21)15-19-5-1-6-20-16-30(26(33)24(19)20)22-10-11-23(31)28-25(22)32/h1,5-6,8-9,14,22H,2-4,7,10-13,15-16,27H2,(H,28,31,32). The average molecular weight is 447 g/mol. The first-order chi connectivity index (χ1) is 16.0. The van der Waals surface area contributed by atoms with Crippen molar-refractivity contribution in [1.29, 1.82) is 0 Å². The largest absolute Gasteiger partial charge is 0.367 e. The normalized spacial score (nSPS) is 20.0. The molecule has 2 aromatic carbocycles. The summed E-state index contributed by atoms with van der Waals surface area (Å²) in [4.78, 5) is 41.3. The first kappa shape index (κ1) is 21.6. The van der Waals surface area contributed by atoms with Crippen LogP contribution in [0.1, 0.15) is 58.3 Å². The van der Waals surface area contributed by atoms with Crippen molar-refractivity contribution in [2.24, 2.45) is 5.73 Å². The SMILES string of the molecule is NCCCc1ccc2c(c1)CCCN2Cc1cccc2c1C(=O)N(C1CCC(=O)NC1=O)C2. The second-order valence-electron chi connectivity index (χ2n) is 9.23. The van der Waals surface area contributed by atoms with Gasteiger partial charge in [0.15, 0.2) is 0 Å². The Kier molecular flexibility index (Phi) is 5.89. The summed E-state index contributed by atoms with van der Waals surface area (Å²) in [6, 6.07) is 12.1. The van der Waals surface area contributed by atoms with Crippen LogP contribution in [-0.2, 0) is 35.5 Å². The first-order valence-electron chi connectivity index (χ1n) is 11.9. The molecule has 0 aromatic heterocycles. The van der Waals surface area contributed by atoms with E-state index in [2.05, 4.69) is 28.4 Å². The van der Waals surface area contributed by atoms with E-state index >= 15 is 0 Å². The molecule has 0 aliphatic carbocycles. The second kappa shape index (κ2) is 8.98. The maximum atomic E-state index is 13.4. The Hall–Kier alpha value is -3.19. The number of fused-ring (bicyclic) bond motifs is 2. The van der Waals surface area contributed by atoms with Crippen LogP contribution >= 0.6 is 0 Å². The molecule has 3 aliphatic rings. The van der Waals surface area contributed by atoms with Crippen molar-refractivity contribution in [2.75, 3.05) is 18.0 Å². The van der Waals surface area contributed by atoms with Gasteiger partial charge in [-0.15, -0.1) is 0 Å². The van der Waals surface area contributed by atoms with Crippen LogP contribution in [-0.4, -0.2) is 41.8 Å². The van der Waals surface area contributed by atoms with Crippen LogP contribution in [0.4, 0.5) is 5.69 Å². The van der Waals surface area contributed by atoms with Crippen LogP contribution < -0.4 is 16.0 Å². The molecule has 1 saturated heterocycles. The fourth-order valence-electron chi connectivity index (χ4n) is 5.38. The topological polar surface area (TPSA) is 95.7 Å². The number of piperidine rings is 1. The van der Waals surface area contributed by atoms with E-state index in [-0.39, 0.29) is 24.1 Å². The van der Waals surface area contributed by atoms with Crippen molar-refractivity contribution in [2.45, 2.75) is 57.7 Å². The minimum atomic E-state index is -0.585. The fraction of sp³-hybridized carbons (Fsp3) is 0.423. The molecule has 172 valence electrons. The number of hydrogen-bond acceptors (Lipinski definition) is 5. The van der Waals surface area contributed by atoms with E-state index in [1.54, 1.807) is 4.90 Å². The van der Waals surface area contributed by atoms with Crippen LogP contribution in [0.5, 0.6) is 0 Å². The third-order valence-electron chi connectivity index (χ3n) is 7.03. The summed E-state index contributed by atoms with van der Waals surface area (Å²) in [7, 11) is 0. The number of benzene rings is 2. The van der Waals surface area contributed by atoms with Crippen molar-refractivity contribution in [3.8, 4) is 0 Å². The molecule has 3 heterocycles. The molecular formula is C26H30N4O3. The van der Waals surface area contributed by atoms with E-state index in [4.69, 9.17) is 5.73 Å². The number of nitrogens with one attached hydrogen (secondary N) is 1. The van der Waals surface area contributed by atoms with E-state index in [0.717, 1.165) is 43.4 Å². The van der Waals surface area contributed by atoms with E-state index in [1.165, 1.54) is 16.8 Å². The smallest absolute Gasteiger partial charge is 0.255 e. The summed E-state index contributed by atoms with van der Waals surface area (Å²) >= 11 is 0. The van der Waals surface area contributed by atoms with E-state index < -0.39 is 6.04 Å². The number of nitrogens with two attached hydrogens (primary N) is 1. The lowest BCUT2D eigenvalue weighted by Crippen LogP contribution is -2.52. The molecule has 3 N–H and O–H groups in total. The third kappa shape index (κ3) is 4.13. The van der Waals surface area contributed by atoms with E-state index in [1.807, 2.05) is 18.2 Å². The molecule has 1 atom stereocenters. The Morgan fingerprint density at radius 3 is 2.76 bits per heavy atom. The van der Waals surface area contributed by atoms with Gasteiger partial charge in [0.25, 0.3) is 5.91 Å². The molecule has 0 bridgehead atoms. The molecule has 2 aromatic rings. The van der Waals surface area contributed by atoms with Gasteiger partial charge in [-0.3, -0.25) is 19.7 Å². The third-order valence-corrected chi connectivity index (χ3v) is 7.03. The first-order valence-corrected chi connectivity index (χ1v) is 11.9. The van der Waals surface area contributed by atoms with Gasteiger partial charge in [-0.1, -0.05) is 30.3 Å². The lowest BCUT2D eigenvalue weighted by atomic mass is 9.96. The Bertz CT molecular complexity index is 1110. The van der Waals surface area contributed by atoms with Crippen molar-refractivity contribution >= 4 is 23.4 Å². The van der Waals surface area contributed by atoms with Gasteiger partial charge >= 0.3 is 0 Å². The summed E-state index contributed by atoms with van der Waals surface area (Å²) in [5.41, 5.74) is 12.3. The Labute approximate surface area is 193 Å². The lowest BCUT2D eigenvalue weighted by molar-refractivity contribution is -0.136. The van der Waals surface area contributed by atoms with Crippen molar-refractivity contribution in [3.05, 3.63) is 64.2 Å². The van der Waals surface area contributed by atoms with Gasteiger partial charge in [-0.25, -0.2) is 0 Å². The highest BCUT2D eigenvalue weighted by molar-refractivity contribution is 6.06. The zero-order valence-corrected chi connectivity index (χ0v) is 18.8. The molecule has 0 saturated carbocycles. The molecule has 3 amide bonds. The van der Waals surface area contributed by atoms with Gasteiger partial charge in [0.1, 0.15) is 6.04 Å². The number of imide groups is 1. The highest BCUT2D eigenvalue weighted by Crippen LogP contribution is 2.34.